The monoisotopic (exact) mass is 392 g/mol. The van der Waals surface area contributed by atoms with Crippen LogP contribution in [0.3, 0.4) is 0 Å². The molecule has 3 rings (SSSR count). The molecule has 0 N–H and O–H groups in total. The van der Waals surface area contributed by atoms with E-state index in [4.69, 9.17) is 18.6 Å². The normalized spacial score (nSPS) is 10.7. The van der Waals surface area contributed by atoms with Crippen LogP contribution in [0.5, 0.6) is 11.5 Å². The number of aromatic nitrogens is 2. The van der Waals surface area contributed by atoms with Crippen LogP contribution in [0.25, 0.3) is 17.5 Å². The first-order chi connectivity index (χ1) is 14.2. The van der Waals surface area contributed by atoms with Crippen molar-refractivity contribution in [3.05, 3.63) is 78.7 Å². The van der Waals surface area contributed by atoms with Gasteiger partial charge in [0.15, 0.2) is 18.1 Å². The number of methoxy groups -OCH3 is 1. The third kappa shape index (κ3) is 5.55. The zero-order valence-corrected chi connectivity index (χ0v) is 15.9. The predicted octanol–water partition coefficient (Wildman–Crippen LogP) is 4.07. The van der Waals surface area contributed by atoms with Crippen LogP contribution in [0.1, 0.15) is 11.5 Å². The van der Waals surface area contributed by atoms with Gasteiger partial charge in [-0.05, 0) is 35.9 Å². The first kappa shape index (κ1) is 19.9. The molecule has 0 amide bonds. The van der Waals surface area contributed by atoms with E-state index in [1.807, 2.05) is 30.3 Å². The van der Waals surface area contributed by atoms with E-state index in [1.165, 1.54) is 6.08 Å². The van der Waals surface area contributed by atoms with E-state index >= 15 is 0 Å². The second kappa shape index (κ2) is 9.89. The fourth-order valence-electron chi connectivity index (χ4n) is 2.41. The van der Waals surface area contributed by atoms with Gasteiger partial charge in [-0.25, -0.2) is 4.79 Å². The van der Waals surface area contributed by atoms with Crippen molar-refractivity contribution >= 4 is 12.0 Å². The Bertz CT molecular complexity index is 995. The highest BCUT2D eigenvalue weighted by molar-refractivity contribution is 5.87. The van der Waals surface area contributed by atoms with E-state index in [0.29, 0.717) is 24.0 Å². The summed E-state index contributed by atoms with van der Waals surface area (Å²) in [5, 5.41) is 7.83. The molecule has 148 valence electrons. The molecule has 1 heterocycles. The van der Waals surface area contributed by atoms with Gasteiger partial charge >= 0.3 is 5.97 Å². The molecule has 0 unspecified atom stereocenters. The second-order valence-electron chi connectivity index (χ2n) is 5.82. The van der Waals surface area contributed by atoms with E-state index in [1.54, 1.807) is 37.5 Å². The Morgan fingerprint density at radius 2 is 1.97 bits per heavy atom. The number of hydrogen-bond acceptors (Lipinski definition) is 7. The Morgan fingerprint density at radius 3 is 2.72 bits per heavy atom. The largest absolute Gasteiger partial charge is 0.493 e. The summed E-state index contributed by atoms with van der Waals surface area (Å²) in [7, 11) is 1.55. The lowest BCUT2D eigenvalue weighted by atomic mass is 10.2. The number of carbonyl (C=O) groups excluding carboxylic acids is 1. The number of rotatable bonds is 9. The Balaban J connectivity index is 1.56. The summed E-state index contributed by atoms with van der Waals surface area (Å²) in [5.41, 5.74) is 1.56. The lowest BCUT2D eigenvalue weighted by Gasteiger charge is -2.09. The summed E-state index contributed by atoms with van der Waals surface area (Å²) in [6, 6.07) is 14.7. The van der Waals surface area contributed by atoms with Crippen molar-refractivity contribution in [2.75, 3.05) is 13.7 Å². The van der Waals surface area contributed by atoms with Gasteiger partial charge in [0, 0.05) is 11.6 Å². The van der Waals surface area contributed by atoms with Crippen molar-refractivity contribution in [3.8, 4) is 23.0 Å². The SMILES string of the molecule is C=CCOc1ccc(C=CC(=O)OCc2nnc(-c3ccccc3)o2)cc1OC. The van der Waals surface area contributed by atoms with Crippen molar-refractivity contribution in [2.24, 2.45) is 0 Å². The molecule has 2 aromatic carbocycles. The van der Waals surface area contributed by atoms with Gasteiger partial charge in [-0.1, -0.05) is 36.9 Å². The number of benzene rings is 2. The second-order valence-corrected chi connectivity index (χ2v) is 5.82. The summed E-state index contributed by atoms with van der Waals surface area (Å²) < 4.78 is 21.4. The minimum atomic E-state index is -0.532. The zero-order valence-electron chi connectivity index (χ0n) is 15.9. The van der Waals surface area contributed by atoms with Crippen LogP contribution in [0, 0.1) is 0 Å². The van der Waals surface area contributed by atoms with E-state index in [0.717, 1.165) is 11.1 Å². The smallest absolute Gasteiger partial charge is 0.331 e. The van der Waals surface area contributed by atoms with E-state index in [-0.39, 0.29) is 12.5 Å². The number of ether oxygens (including phenoxy) is 3. The summed E-state index contributed by atoms with van der Waals surface area (Å²) in [5.74, 6) is 1.21. The fourth-order valence-corrected chi connectivity index (χ4v) is 2.41. The van der Waals surface area contributed by atoms with Crippen LogP contribution in [0.15, 0.2) is 71.7 Å². The topological polar surface area (TPSA) is 83.7 Å². The van der Waals surface area contributed by atoms with Crippen molar-refractivity contribution < 1.29 is 23.4 Å². The molecule has 0 aliphatic heterocycles. The quantitative estimate of drug-likeness (QED) is 0.308. The summed E-state index contributed by atoms with van der Waals surface area (Å²) in [4.78, 5) is 12.0. The van der Waals surface area contributed by atoms with Crippen LogP contribution >= 0.6 is 0 Å². The lowest BCUT2D eigenvalue weighted by Crippen LogP contribution is -2.01. The Morgan fingerprint density at radius 1 is 1.14 bits per heavy atom. The van der Waals surface area contributed by atoms with E-state index in [9.17, 15) is 4.79 Å². The van der Waals surface area contributed by atoms with Gasteiger partial charge in [0.1, 0.15) is 6.61 Å². The zero-order chi connectivity index (χ0) is 20.5. The van der Waals surface area contributed by atoms with Crippen LogP contribution in [-0.2, 0) is 16.1 Å². The van der Waals surface area contributed by atoms with Gasteiger partial charge in [0.2, 0.25) is 5.89 Å². The van der Waals surface area contributed by atoms with Crippen molar-refractivity contribution in [3.63, 3.8) is 0 Å². The molecular formula is C22H20N2O5. The molecule has 7 heteroatoms. The molecule has 0 spiro atoms. The molecule has 29 heavy (non-hydrogen) atoms. The summed E-state index contributed by atoms with van der Waals surface area (Å²) in [6.07, 6.45) is 4.58. The minimum Gasteiger partial charge on any atom is -0.493 e. The molecule has 0 bridgehead atoms. The maximum Gasteiger partial charge on any atom is 0.331 e. The molecule has 7 nitrogen and oxygen atoms in total. The molecule has 0 radical (unpaired) electrons. The summed E-state index contributed by atoms with van der Waals surface area (Å²) >= 11 is 0. The van der Waals surface area contributed by atoms with Crippen LogP contribution in [-0.4, -0.2) is 29.9 Å². The Kier molecular flexibility index (Phi) is 6.78. The van der Waals surface area contributed by atoms with Crippen molar-refractivity contribution in [1.29, 1.82) is 0 Å². The molecule has 0 saturated heterocycles. The van der Waals surface area contributed by atoms with Gasteiger partial charge in [0.05, 0.1) is 7.11 Å². The van der Waals surface area contributed by atoms with Crippen LogP contribution < -0.4 is 9.47 Å². The molecule has 0 aliphatic carbocycles. The van der Waals surface area contributed by atoms with Crippen LogP contribution in [0.2, 0.25) is 0 Å². The molecule has 0 aliphatic rings. The summed E-state index contributed by atoms with van der Waals surface area (Å²) in [6.45, 7) is 3.87. The first-order valence-corrected chi connectivity index (χ1v) is 8.84. The van der Waals surface area contributed by atoms with Gasteiger partial charge in [0.25, 0.3) is 5.89 Å². The molecular weight excluding hydrogens is 372 g/mol. The Labute approximate surface area is 168 Å². The first-order valence-electron chi connectivity index (χ1n) is 8.84. The number of hydrogen-bond donors (Lipinski definition) is 0. The number of carbonyl (C=O) groups is 1. The van der Waals surface area contributed by atoms with Gasteiger partial charge in [-0.15, -0.1) is 10.2 Å². The van der Waals surface area contributed by atoms with Gasteiger partial charge < -0.3 is 18.6 Å². The lowest BCUT2D eigenvalue weighted by molar-refractivity contribution is -0.139. The fraction of sp³-hybridized carbons (Fsp3) is 0.136. The predicted molar refractivity (Wildman–Crippen MR) is 107 cm³/mol. The minimum absolute atomic E-state index is 0.110. The standard InChI is InChI=1S/C22H20N2O5/c1-3-13-27-18-11-9-16(14-19(18)26-2)10-12-21(25)28-15-20-23-24-22(29-20)17-7-5-4-6-8-17/h3-12,14H,1,13,15H2,2H3. The molecule has 1 aromatic heterocycles. The third-order valence-electron chi connectivity index (χ3n) is 3.78. The van der Waals surface area contributed by atoms with E-state index in [2.05, 4.69) is 16.8 Å². The number of nitrogens with zero attached hydrogens (tertiary/aromatic N) is 2. The van der Waals surface area contributed by atoms with Gasteiger partial charge in [-0.2, -0.15) is 0 Å². The average Bonchev–Trinajstić information content (AvgIpc) is 3.24. The van der Waals surface area contributed by atoms with Crippen molar-refractivity contribution in [2.45, 2.75) is 6.61 Å². The highest BCUT2D eigenvalue weighted by Gasteiger charge is 2.10. The maximum atomic E-state index is 12.0. The highest BCUT2D eigenvalue weighted by Crippen LogP contribution is 2.28. The molecule has 0 saturated carbocycles. The maximum absolute atomic E-state index is 12.0. The van der Waals surface area contributed by atoms with Gasteiger partial charge in [-0.3, -0.25) is 0 Å². The molecule has 0 atom stereocenters. The van der Waals surface area contributed by atoms with Crippen molar-refractivity contribution in [1.82, 2.24) is 10.2 Å². The Hall–Kier alpha value is -3.87. The third-order valence-corrected chi connectivity index (χ3v) is 3.78. The van der Waals surface area contributed by atoms with Crippen LogP contribution in [0.4, 0.5) is 0 Å². The van der Waals surface area contributed by atoms with E-state index < -0.39 is 5.97 Å². The molecule has 0 fully saturated rings. The average molecular weight is 392 g/mol. The molecule has 3 aromatic rings. The number of esters is 1. The highest BCUT2D eigenvalue weighted by atomic mass is 16.5.